The van der Waals surface area contributed by atoms with E-state index >= 15 is 0 Å². The fraction of sp³-hybridized carbons (Fsp3) is 0.261. The number of benzene rings is 2. The van der Waals surface area contributed by atoms with Crippen molar-refractivity contribution >= 4 is 34.0 Å². The van der Waals surface area contributed by atoms with Crippen LogP contribution in [0, 0.1) is 26.6 Å². The van der Waals surface area contributed by atoms with Gasteiger partial charge in [0.15, 0.2) is 5.13 Å². The number of hydrogen-bond acceptors (Lipinski definition) is 5. The molecule has 0 N–H and O–H groups in total. The first-order valence-corrected chi connectivity index (χ1v) is 10.4. The van der Waals surface area contributed by atoms with Crippen molar-refractivity contribution in [1.82, 2.24) is 4.98 Å². The maximum absolute atomic E-state index is 13.0. The Balaban J connectivity index is 1.72. The molecule has 1 aromatic heterocycles. The van der Waals surface area contributed by atoms with E-state index in [0.29, 0.717) is 16.4 Å². The minimum Gasteiger partial charge on any atom is -0.459 e. The number of aryl methyl sites for hydroxylation is 3. The van der Waals surface area contributed by atoms with E-state index in [9.17, 15) is 14.0 Å². The summed E-state index contributed by atoms with van der Waals surface area (Å²) in [5.74, 6) is -0.916. The molecule has 0 atom stereocenters. The van der Waals surface area contributed by atoms with Gasteiger partial charge in [0.25, 0.3) is 0 Å². The number of esters is 1. The molecule has 3 rings (SSSR count). The molecule has 1 amide bonds. The number of anilines is 2. The van der Waals surface area contributed by atoms with Crippen molar-refractivity contribution in [3.05, 3.63) is 75.5 Å². The molecule has 2 aromatic carbocycles. The van der Waals surface area contributed by atoms with Crippen LogP contribution >= 0.6 is 11.3 Å². The van der Waals surface area contributed by atoms with Crippen LogP contribution in [0.1, 0.15) is 34.9 Å². The molecule has 0 radical (unpaired) electrons. The predicted molar refractivity (Wildman–Crippen MR) is 115 cm³/mol. The highest BCUT2D eigenvalue weighted by atomic mass is 32.1. The highest BCUT2D eigenvalue weighted by Gasteiger charge is 2.22. The Morgan fingerprint density at radius 3 is 2.33 bits per heavy atom. The quantitative estimate of drug-likeness (QED) is 0.510. The Hall–Kier alpha value is -3.06. The molecule has 1 heterocycles. The average Bonchev–Trinajstić information content (AvgIpc) is 3.13. The monoisotopic (exact) mass is 426 g/mol. The van der Waals surface area contributed by atoms with Gasteiger partial charge in [-0.05, 0) is 49.6 Å². The van der Waals surface area contributed by atoms with Gasteiger partial charge in [-0.15, -0.1) is 11.3 Å². The second-order valence-electron chi connectivity index (χ2n) is 7.19. The van der Waals surface area contributed by atoms with E-state index in [1.54, 1.807) is 22.4 Å². The number of ether oxygens (including phenoxy) is 1. The van der Waals surface area contributed by atoms with Crippen molar-refractivity contribution < 1.29 is 18.7 Å². The summed E-state index contributed by atoms with van der Waals surface area (Å²) in [4.78, 5) is 30.6. The second-order valence-corrected chi connectivity index (χ2v) is 8.02. The fourth-order valence-corrected chi connectivity index (χ4v) is 4.21. The van der Waals surface area contributed by atoms with Gasteiger partial charge in [0.2, 0.25) is 5.91 Å². The highest BCUT2D eigenvalue weighted by Crippen LogP contribution is 2.34. The predicted octanol–water partition coefficient (Wildman–Crippen LogP) is 5.18. The van der Waals surface area contributed by atoms with Crippen LogP contribution in [-0.2, 0) is 27.4 Å². The first-order chi connectivity index (χ1) is 14.2. The molecule has 5 nitrogen and oxygen atoms in total. The van der Waals surface area contributed by atoms with Crippen molar-refractivity contribution in [1.29, 1.82) is 0 Å². The maximum atomic E-state index is 13.0. The molecule has 3 aromatic rings. The van der Waals surface area contributed by atoms with Gasteiger partial charge in [0.1, 0.15) is 12.4 Å². The summed E-state index contributed by atoms with van der Waals surface area (Å²) in [5, 5.41) is 2.30. The first kappa shape index (κ1) is 21.6. The SMILES string of the molecule is CC(=O)N(c1nc(COC(=O)Cc2ccc(F)cc2)cs1)c1c(C)cc(C)cc1C. The highest BCUT2D eigenvalue weighted by molar-refractivity contribution is 7.14. The largest absolute Gasteiger partial charge is 0.459 e. The Morgan fingerprint density at radius 1 is 1.10 bits per heavy atom. The lowest BCUT2D eigenvalue weighted by Crippen LogP contribution is -2.24. The van der Waals surface area contributed by atoms with E-state index < -0.39 is 5.97 Å². The van der Waals surface area contributed by atoms with Crippen molar-refractivity contribution in [3.63, 3.8) is 0 Å². The molecule has 0 bridgehead atoms. The number of nitrogens with zero attached hydrogens (tertiary/aromatic N) is 2. The van der Waals surface area contributed by atoms with Crippen LogP contribution in [0.4, 0.5) is 15.2 Å². The van der Waals surface area contributed by atoms with Gasteiger partial charge in [-0.3, -0.25) is 14.5 Å². The number of halogens is 1. The third-order valence-electron chi connectivity index (χ3n) is 4.55. The van der Waals surface area contributed by atoms with Crippen LogP contribution in [0.3, 0.4) is 0 Å². The normalized spacial score (nSPS) is 10.7. The Bertz CT molecular complexity index is 1050. The molecule has 0 saturated heterocycles. The van der Waals surface area contributed by atoms with E-state index in [2.05, 4.69) is 4.98 Å². The molecule has 0 spiro atoms. The summed E-state index contributed by atoms with van der Waals surface area (Å²) in [6, 6.07) is 9.78. The zero-order valence-corrected chi connectivity index (χ0v) is 18.2. The minimum absolute atomic E-state index is 0.00807. The molecule has 0 aliphatic rings. The smallest absolute Gasteiger partial charge is 0.310 e. The Labute approximate surface area is 179 Å². The lowest BCUT2D eigenvalue weighted by molar-refractivity contribution is -0.144. The first-order valence-electron chi connectivity index (χ1n) is 9.47. The summed E-state index contributed by atoms with van der Waals surface area (Å²) < 4.78 is 18.3. The standard InChI is InChI=1S/C23H23FN2O3S/c1-14-9-15(2)22(16(3)10-14)26(17(4)27)23-25-20(13-30-23)12-29-21(28)11-18-5-7-19(24)8-6-18/h5-10,13H,11-12H2,1-4H3. The van der Waals surface area contributed by atoms with E-state index in [0.717, 1.165) is 22.4 Å². The van der Waals surface area contributed by atoms with Crippen molar-refractivity contribution in [3.8, 4) is 0 Å². The lowest BCUT2D eigenvalue weighted by Gasteiger charge is -2.23. The molecule has 30 heavy (non-hydrogen) atoms. The van der Waals surface area contributed by atoms with Crippen molar-refractivity contribution in [2.24, 2.45) is 0 Å². The third-order valence-corrected chi connectivity index (χ3v) is 5.42. The summed E-state index contributed by atoms with van der Waals surface area (Å²) in [6.07, 6.45) is 0.0542. The lowest BCUT2D eigenvalue weighted by atomic mass is 10.0. The van der Waals surface area contributed by atoms with Crippen LogP contribution in [0.2, 0.25) is 0 Å². The van der Waals surface area contributed by atoms with Crippen LogP contribution < -0.4 is 4.90 Å². The van der Waals surface area contributed by atoms with Crippen LogP contribution in [0.25, 0.3) is 0 Å². The number of carbonyl (C=O) groups excluding carboxylic acids is 2. The number of aromatic nitrogens is 1. The third kappa shape index (κ3) is 5.10. The molecule has 0 fully saturated rings. The van der Waals surface area contributed by atoms with Crippen LogP contribution in [0.5, 0.6) is 0 Å². The second kappa shape index (κ2) is 9.17. The zero-order valence-electron chi connectivity index (χ0n) is 17.4. The van der Waals surface area contributed by atoms with E-state index in [1.807, 2.05) is 32.9 Å². The van der Waals surface area contributed by atoms with E-state index in [-0.39, 0.29) is 24.8 Å². The molecular weight excluding hydrogens is 403 g/mol. The molecule has 0 unspecified atom stereocenters. The Kier molecular flexibility index (Phi) is 6.62. The maximum Gasteiger partial charge on any atom is 0.310 e. The van der Waals surface area contributed by atoms with Crippen LogP contribution in [0.15, 0.2) is 41.8 Å². The molecule has 156 valence electrons. The van der Waals surface area contributed by atoms with Gasteiger partial charge >= 0.3 is 5.97 Å². The van der Waals surface area contributed by atoms with E-state index in [4.69, 9.17) is 4.74 Å². The van der Waals surface area contributed by atoms with Crippen molar-refractivity contribution in [2.75, 3.05) is 4.90 Å². The van der Waals surface area contributed by atoms with Crippen molar-refractivity contribution in [2.45, 2.75) is 40.7 Å². The van der Waals surface area contributed by atoms with Gasteiger partial charge in [0, 0.05) is 12.3 Å². The summed E-state index contributed by atoms with van der Waals surface area (Å²) >= 11 is 1.32. The minimum atomic E-state index is -0.426. The summed E-state index contributed by atoms with van der Waals surface area (Å²) in [7, 11) is 0. The topological polar surface area (TPSA) is 59.5 Å². The number of hydrogen-bond donors (Lipinski definition) is 0. The summed E-state index contributed by atoms with van der Waals surface area (Å²) in [6.45, 7) is 7.47. The van der Waals surface area contributed by atoms with Gasteiger partial charge in [0.05, 0.1) is 17.8 Å². The number of rotatable bonds is 6. The van der Waals surface area contributed by atoms with Gasteiger partial charge < -0.3 is 4.74 Å². The molecule has 0 aliphatic heterocycles. The van der Waals surface area contributed by atoms with Crippen LogP contribution in [-0.4, -0.2) is 16.9 Å². The molecule has 7 heteroatoms. The fourth-order valence-electron chi connectivity index (χ4n) is 3.35. The average molecular weight is 427 g/mol. The Morgan fingerprint density at radius 2 is 1.73 bits per heavy atom. The zero-order chi connectivity index (χ0) is 21.8. The van der Waals surface area contributed by atoms with Gasteiger partial charge in [-0.2, -0.15) is 0 Å². The summed E-state index contributed by atoms with van der Waals surface area (Å²) in [5.41, 5.74) is 5.17. The molecule has 0 saturated carbocycles. The number of carbonyl (C=O) groups is 2. The van der Waals surface area contributed by atoms with Gasteiger partial charge in [-0.1, -0.05) is 29.8 Å². The number of thiazole rings is 1. The number of amides is 1. The van der Waals surface area contributed by atoms with Gasteiger partial charge in [-0.25, -0.2) is 9.37 Å². The molecular formula is C23H23FN2O3S. The van der Waals surface area contributed by atoms with E-state index in [1.165, 1.54) is 30.4 Å². The molecule has 0 aliphatic carbocycles.